The average Bonchev–Trinajstić information content (AvgIpc) is 2.96. The van der Waals surface area contributed by atoms with Crippen molar-refractivity contribution in [2.24, 2.45) is 5.92 Å². The Labute approximate surface area is 187 Å². The Bertz CT molecular complexity index is 948. The lowest BCUT2D eigenvalue weighted by Gasteiger charge is -2.22. The molecule has 3 heteroatoms. The van der Waals surface area contributed by atoms with Crippen LogP contribution in [0.1, 0.15) is 54.9 Å². The molecule has 1 aromatic heterocycles. The summed E-state index contributed by atoms with van der Waals surface area (Å²) in [5.74, 6) is 0.610. The fourth-order valence-electron chi connectivity index (χ4n) is 4.47. The van der Waals surface area contributed by atoms with Crippen molar-refractivity contribution in [1.82, 2.24) is 10.3 Å². The molecule has 1 saturated carbocycles. The molecule has 2 unspecified atom stereocenters. The first-order valence-electron chi connectivity index (χ1n) is 10.7. The van der Waals surface area contributed by atoms with Gasteiger partial charge in [0.05, 0.1) is 10.7 Å². The number of halogens is 1. The van der Waals surface area contributed by atoms with Gasteiger partial charge in [-0.25, -0.2) is 0 Å². The minimum atomic E-state index is 0.211. The zero-order valence-electron chi connectivity index (χ0n) is 19.3. The third-order valence-electron chi connectivity index (χ3n) is 5.86. The smallest absolute Gasteiger partial charge is 0.0732 e. The number of hydrogen-bond acceptors (Lipinski definition) is 2. The molecule has 3 rings (SSSR count). The van der Waals surface area contributed by atoms with E-state index in [2.05, 4.69) is 56.0 Å². The molecule has 0 amide bonds. The maximum Gasteiger partial charge on any atom is 0.0732 e. The van der Waals surface area contributed by atoms with Gasteiger partial charge in [-0.15, -0.1) is 0 Å². The van der Waals surface area contributed by atoms with E-state index in [0.717, 1.165) is 35.4 Å². The number of aromatic nitrogens is 1. The first-order chi connectivity index (χ1) is 14.2. The van der Waals surface area contributed by atoms with Gasteiger partial charge < -0.3 is 5.32 Å². The maximum atomic E-state index is 6.08. The topological polar surface area (TPSA) is 24.9 Å². The first kappa shape index (κ1) is 24.0. The maximum absolute atomic E-state index is 6.08. The van der Waals surface area contributed by atoms with Gasteiger partial charge in [-0.1, -0.05) is 56.3 Å². The normalized spacial score (nSPS) is 18.1. The van der Waals surface area contributed by atoms with Gasteiger partial charge in [-0.2, -0.15) is 0 Å². The monoisotopic (exact) mass is 422 g/mol. The number of allylic oxidation sites excluding steroid dienone is 3. The molecular formula is C27H35ClN2. The van der Waals surface area contributed by atoms with Crippen molar-refractivity contribution in [2.45, 2.75) is 53.4 Å². The molecule has 0 bridgehead atoms. The summed E-state index contributed by atoms with van der Waals surface area (Å²) in [7, 11) is 1.92. The number of nitrogens with zero attached hydrogens (tertiary/aromatic N) is 1. The standard InChI is InChI=1S/C25H29ClN2.C2H6/c1-14-9-21(25-17(4)11-22(26)13-28-25)10-15(2)23(14)24-16(3)8-20(19(24)6)12-18(5)27-7;1-2/h9-11,13,20,24,27H,3,5-6,8,12H2,1-2,4,7H3;1-2H3. The van der Waals surface area contributed by atoms with Crippen molar-refractivity contribution in [3.63, 3.8) is 0 Å². The van der Waals surface area contributed by atoms with Crippen LogP contribution in [0.3, 0.4) is 0 Å². The van der Waals surface area contributed by atoms with Crippen molar-refractivity contribution in [3.05, 3.63) is 88.3 Å². The van der Waals surface area contributed by atoms with Crippen LogP contribution < -0.4 is 5.32 Å². The van der Waals surface area contributed by atoms with Crippen molar-refractivity contribution >= 4 is 11.6 Å². The number of hydrogen-bond donors (Lipinski definition) is 1. The van der Waals surface area contributed by atoms with Crippen LogP contribution in [0.5, 0.6) is 0 Å². The van der Waals surface area contributed by atoms with Crippen LogP contribution in [0.15, 0.2) is 61.0 Å². The number of benzene rings is 1. The highest BCUT2D eigenvalue weighted by atomic mass is 35.5. The molecule has 2 aromatic rings. The molecule has 30 heavy (non-hydrogen) atoms. The van der Waals surface area contributed by atoms with Gasteiger partial charge in [-0.3, -0.25) is 4.98 Å². The molecule has 160 valence electrons. The average molecular weight is 423 g/mol. The van der Waals surface area contributed by atoms with Crippen LogP contribution in [-0.2, 0) is 0 Å². The third kappa shape index (κ3) is 4.87. The summed E-state index contributed by atoms with van der Waals surface area (Å²) in [6, 6.07) is 6.42. The minimum absolute atomic E-state index is 0.211. The van der Waals surface area contributed by atoms with Gasteiger partial charge in [0.15, 0.2) is 0 Å². The van der Waals surface area contributed by atoms with Crippen LogP contribution >= 0.6 is 11.6 Å². The summed E-state index contributed by atoms with van der Waals surface area (Å²) in [6.07, 6.45) is 3.60. The number of pyridine rings is 1. The van der Waals surface area contributed by atoms with Gasteiger partial charge in [0.25, 0.3) is 0 Å². The predicted octanol–water partition coefficient (Wildman–Crippen LogP) is 7.69. The number of aryl methyl sites for hydroxylation is 3. The van der Waals surface area contributed by atoms with Crippen LogP contribution in [-0.4, -0.2) is 12.0 Å². The van der Waals surface area contributed by atoms with E-state index in [1.54, 1.807) is 6.20 Å². The van der Waals surface area contributed by atoms with E-state index in [1.165, 1.54) is 27.8 Å². The Morgan fingerprint density at radius 1 is 1.10 bits per heavy atom. The van der Waals surface area contributed by atoms with Crippen molar-refractivity contribution < 1.29 is 0 Å². The second-order valence-electron chi connectivity index (χ2n) is 7.97. The highest BCUT2D eigenvalue weighted by Crippen LogP contribution is 2.49. The quantitative estimate of drug-likeness (QED) is 0.499. The highest BCUT2D eigenvalue weighted by Gasteiger charge is 2.34. The van der Waals surface area contributed by atoms with Crippen molar-refractivity contribution in [1.29, 1.82) is 0 Å². The van der Waals surface area contributed by atoms with E-state index < -0.39 is 0 Å². The Balaban J connectivity index is 0.00000155. The lowest BCUT2D eigenvalue weighted by Crippen LogP contribution is -2.10. The van der Waals surface area contributed by atoms with Crippen LogP contribution in [0.2, 0.25) is 5.02 Å². The van der Waals surface area contributed by atoms with Crippen molar-refractivity contribution in [3.8, 4) is 11.3 Å². The fraction of sp³-hybridized carbons (Fsp3) is 0.370. The molecule has 2 nitrogen and oxygen atoms in total. The van der Waals surface area contributed by atoms with Gasteiger partial charge in [-0.05, 0) is 80.0 Å². The lowest BCUT2D eigenvalue weighted by atomic mass is 9.83. The van der Waals surface area contributed by atoms with Gasteiger partial charge in [0, 0.05) is 30.4 Å². The predicted molar refractivity (Wildman–Crippen MR) is 132 cm³/mol. The van der Waals surface area contributed by atoms with E-state index in [4.69, 9.17) is 11.6 Å². The number of nitrogens with one attached hydrogen (secondary N) is 1. The molecule has 1 aliphatic rings. The molecule has 2 atom stereocenters. The summed E-state index contributed by atoms with van der Waals surface area (Å²) < 4.78 is 0. The van der Waals surface area contributed by atoms with Crippen LogP contribution in [0, 0.1) is 26.7 Å². The van der Waals surface area contributed by atoms with E-state index >= 15 is 0 Å². The first-order valence-corrected chi connectivity index (χ1v) is 11.1. The summed E-state index contributed by atoms with van der Waals surface area (Å²) in [5, 5.41) is 3.82. The minimum Gasteiger partial charge on any atom is -0.392 e. The zero-order valence-corrected chi connectivity index (χ0v) is 20.1. The Morgan fingerprint density at radius 2 is 1.70 bits per heavy atom. The summed E-state index contributed by atoms with van der Waals surface area (Å²) >= 11 is 6.08. The molecule has 1 heterocycles. The van der Waals surface area contributed by atoms with E-state index in [0.29, 0.717) is 10.9 Å². The summed E-state index contributed by atoms with van der Waals surface area (Å²) in [6.45, 7) is 23.4. The molecule has 0 saturated heterocycles. The van der Waals surface area contributed by atoms with Crippen LogP contribution in [0.4, 0.5) is 0 Å². The largest absolute Gasteiger partial charge is 0.392 e. The Hall–Kier alpha value is -2.32. The molecule has 1 fully saturated rings. The second kappa shape index (κ2) is 10.1. The number of rotatable bonds is 5. The zero-order chi connectivity index (χ0) is 22.6. The molecule has 0 radical (unpaired) electrons. The Kier molecular flexibility index (Phi) is 8.09. The molecule has 0 spiro atoms. The molecule has 1 aromatic carbocycles. The van der Waals surface area contributed by atoms with E-state index in [9.17, 15) is 0 Å². The van der Waals surface area contributed by atoms with Crippen molar-refractivity contribution in [2.75, 3.05) is 7.05 Å². The Morgan fingerprint density at radius 3 is 2.23 bits per heavy atom. The molecular weight excluding hydrogens is 388 g/mol. The summed E-state index contributed by atoms with van der Waals surface area (Å²) in [5.41, 5.74) is 10.6. The van der Waals surface area contributed by atoms with E-state index in [1.807, 2.05) is 33.9 Å². The molecule has 1 N–H and O–H groups in total. The fourth-order valence-corrected chi connectivity index (χ4v) is 4.68. The van der Waals surface area contributed by atoms with Crippen LogP contribution in [0.25, 0.3) is 11.3 Å². The second-order valence-corrected chi connectivity index (χ2v) is 8.40. The van der Waals surface area contributed by atoms with Gasteiger partial charge >= 0.3 is 0 Å². The molecule has 0 aliphatic heterocycles. The van der Waals surface area contributed by atoms with E-state index in [-0.39, 0.29) is 5.92 Å². The SMILES string of the molecule is C=C(CC1CC(=C)C(c2c(C)cc(-c3ncc(Cl)cc3C)cc2C)C1=C)NC.CC. The lowest BCUT2D eigenvalue weighted by molar-refractivity contribution is 0.625. The summed E-state index contributed by atoms with van der Waals surface area (Å²) in [4.78, 5) is 4.56. The van der Waals surface area contributed by atoms with Gasteiger partial charge in [0.1, 0.15) is 0 Å². The third-order valence-corrected chi connectivity index (χ3v) is 6.07. The van der Waals surface area contributed by atoms with Gasteiger partial charge in [0.2, 0.25) is 0 Å². The highest BCUT2D eigenvalue weighted by molar-refractivity contribution is 6.30. The molecule has 1 aliphatic carbocycles.